The van der Waals surface area contributed by atoms with Crippen LogP contribution in [0.3, 0.4) is 0 Å². The molecule has 0 bridgehead atoms. The second-order valence-electron chi connectivity index (χ2n) is 17.2. The summed E-state index contributed by atoms with van der Waals surface area (Å²) >= 11 is 0. The first-order valence-electron chi connectivity index (χ1n) is 21.5. The molecule has 0 amide bonds. The monoisotopic (exact) mass is 822 g/mol. The third kappa shape index (κ3) is 10.3. The van der Waals surface area contributed by atoms with Crippen LogP contribution in [0.2, 0.25) is 0 Å². The number of carbonyl (C=O) groups excluding carboxylic acids is 3. The lowest BCUT2D eigenvalue weighted by Crippen LogP contribution is -2.48. The highest BCUT2D eigenvalue weighted by atomic mass is 16.6. The van der Waals surface area contributed by atoms with Crippen molar-refractivity contribution in [1.29, 1.82) is 0 Å². The Morgan fingerprint density at radius 1 is 0.650 bits per heavy atom. The molecule has 3 fully saturated rings. The molecule has 2 aliphatic carbocycles. The van der Waals surface area contributed by atoms with Gasteiger partial charge in [0.05, 0.1) is 28.6 Å². The van der Waals surface area contributed by atoms with Gasteiger partial charge in [0, 0.05) is 12.8 Å². The number of ether oxygens (including phenoxy) is 4. The molecule has 8 rings (SSSR count). The Bertz CT molecular complexity index is 1970. The van der Waals surface area contributed by atoms with E-state index in [1.807, 2.05) is 76.2 Å². The van der Waals surface area contributed by atoms with Gasteiger partial charge in [-0.15, -0.1) is 0 Å². The topological polar surface area (TPSA) is 160 Å². The number of hydrogen-bond donors (Lipinski definition) is 1. The minimum absolute atomic E-state index is 0.0150. The van der Waals surface area contributed by atoms with Gasteiger partial charge in [0.25, 0.3) is 0 Å². The van der Waals surface area contributed by atoms with Crippen molar-refractivity contribution in [3.05, 3.63) is 106 Å². The molecule has 12 heteroatoms. The Kier molecular flexibility index (Phi) is 13.5. The zero-order valence-corrected chi connectivity index (χ0v) is 35.4. The third-order valence-electron chi connectivity index (χ3n) is 13.1. The summed E-state index contributed by atoms with van der Waals surface area (Å²) in [6.45, 7) is 8.42. The lowest BCUT2D eigenvalue weighted by atomic mass is 9.76. The largest absolute Gasteiger partial charge is 0.512 e. The molecule has 320 valence electrons. The summed E-state index contributed by atoms with van der Waals surface area (Å²) in [5, 5.41) is 18.0. The number of aliphatic hydroxyl groups excluding tert-OH is 1. The fourth-order valence-corrected chi connectivity index (χ4v) is 9.61. The van der Waals surface area contributed by atoms with Gasteiger partial charge >= 0.3 is 11.9 Å². The first kappa shape index (κ1) is 42.7. The Labute approximate surface area is 352 Å². The molecule has 4 heterocycles. The van der Waals surface area contributed by atoms with Gasteiger partial charge in [0.2, 0.25) is 0 Å². The summed E-state index contributed by atoms with van der Waals surface area (Å²) in [6, 6.07) is 16.0. The average molecular weight is 823 g/mol. The Morgan fingerprint density at radius 3 is 1.50 bits per heavy atom. The average Bonchev–Trinajstić information content (AvgIpc) is 4.06. The lowest BCUT2D eigenvalue weighted by Gasteiger charge is -2.41. The summed E-state index contributed by atoms with van der Waals surface area (Å²) in [4.78, 5) is 36.3. The molecule has 4 aromatic rings. The van der Waals surface area contributed by atoms with Crippen LogP contribution in [0.15, 0.2) is 69.4 Å². The van der Waals surface area contributed by atoms with Crippen molar-refractivity contribution in [2.45, 2.75) is 148 Å². The minimum Gasteiger partial charge on any atom is -0.512 e. The summed E-state index contributed by atoms with van der Waals surface area (Å²) in [5.41, 5.74) is 4.73. The Balaban J connectivity index is 0.000000181. The lowest BCUT2D eigenvalue weighted by molar-refractivity contribution is -0.178. The van der Waals surface area contributed by atoms with Gasteiger partial charge in [0.15, 0.2) is 0 Å². The van der Waals surface area contributed by atoms with E-state index >= 15 is 0 Å². The van der Waals surface area contributed by atoms with E-state index in [1.54, 1.807) is 0 Å². The van der Waals surface area contributed by atoms with E-state index in [-0.39, 0.29) is 23.9 Å². The number of aromatic nitrogens is 2. The van der Waals surface area contributed by atoms with Crippen LogP contribution in [0.4, 0.5) is 0 Å². The van der Waals surface area contributed by atoms with E-state index < -0.39 is 17.2 Å². The van der Waals surface area contributed by atoms with Crippen molar-refractivity contribution in [3.63, 3.8) is 0 Å². The van der Waals surface area contributed by atoms with Gasteiger partial charge in [-0.05, 0) is 126 Å². The second kappa shape index (κ2) is 18.9. The first-order valence-corrected chi connectivity index (χ1v) is 21.5. The van der Waals surface area contributed by atoms with Crippen LogP contribution in [-0.2, 0) is 49.9 Å². The van der Waals surface area contributed by atoms with E-state index in [0.29, 0.717) is 50.7 Å². The summed E-state index contributed by atoms with van der Waals surface area (Å²) < 4.78 is 33.8. The van der Waals surface area contributed by atoms with Gasteiger partial charge in [-0.3, -0.25) is 9.59 Å². The first-order chi connectivity index (χ1) is 28.9. The fourth-order valence-electron chi connectivity index (χ4n) is 9.61. The molecule has 2 aromatic heterocycles. The molecule has 2 aromatic carbocycles. The number of esters is 2. The molecule has 2 atom stereocenters. The number of nitrogens with zero attached hydrogens (tertiary/aromatic N) is 2. The Morgan fingerprint density at radius 2 is 1.10 bits per heavy atom. The predicted molar refractivity (Wildman–Crippen MR) is 221 cm³/mol. The van der Waals surface area contributed by atoms with E-state index in [4.69, 9.17) is 28.0 Å². The van der Waals surface area contributed by atoms with E-state index in [0.717, 1.165) is 121 Å². The number of aryl methyl sites for hydroxylation is 6. The number of hydrogen-bond acceptors (Lipinski definition) is 12. The van der Waals surface area contributed by atoms with E-state index in [1.165, 1.54) is 6.08 Å². The van der Waals surface area contributed by atoms with Crippen molar-refractivity contribution in [3.8, 4) is 11.5 Å². The number of aliphatic hydroxyl groups is 1. The Hall–Kier alpha value is -5.39. The fraction of sp³-hybridized carbons (Fsp3) is 0.521. The zero-order chi connectivity index (χ0) is 42.3. The second-order valence-corrected chi connectivity index (χ2v) is 17.2. The maximum Gasteiger partial charge on any atom is 0.334 e. The van der Waals surface area contributed by atoms with Gasteiger partial charge in [-0.25, -0.2) is 4.79 Å². The summed E-state index contributed by atoms with van der Waals surface area (Å²) in [6.07, 6.45) is 13.6. The van der Waals surface area contributed by atoms with Gasteiger partial charge < -0.3 is 33.1 Å². The van der Waals surface area contributed by atoms with Gasteiger partial charge in [-0.1, -0.05) is 60.3 Å². The number of Topliss-reactive ketones (excluding diaryl/α,β-unsaturated/α-hetero) is 1. The molecule has 0 radical (unpaired) electrons. The van der Waals surface area contributed by atoms with Crippen molar-refractivity contribution in [2.24, 2.45) is 11.8 Å². The zero-order valence-electron chi connectivity index (χ0n) is 35.4. The van der Waals surface area contributed by atoms with Crippen LogP contribution < -0.4 is 9.47 Å². The molecular formula is C48H58N2O10. The smallest absolute Gasteiger partial charge is 0.334 e. The third-order valence-corrected chi connectivity index (χ3v) is 13.1. The maximum absolute atomic E-state index is 12.2. The van der Waals surface area contributed by atoms with Crippen molar-refractivity contribution < 1.29 is 47.5 Å². The highest BCUT2D eigenvalue weighted by Crippen LogP contribution is 2.45. The van der Waals surface area contributed by atoms with Crippen LogP contribution in [0.25, 0.3) is 0 Å². The highest BCUT2D eigenvalue weighted by Gasteiger charge is 2.48. The van der Waals surface area contributed by atoms with Crippen molar-refractivity contribution in [2.75, 3.05) is 0 Å². The molecule has 4 aliphatic rings. The summed E-state index contributed by atoms with van der Waals surface area (Å²) in [7, 11) is 0. The molecule has 60 heavy (non-hydrogen) atoms. The van der Waals surface area contributed by atoms with Crippen LogP contribution in [0.1, 0.15) is 129 Å². The number of carbonyl (C=O) groups is 3. The van der Waals surface area contributed by atoms with E-state index in [2.05, 4.69) is 10.3 Å². The molecule has 2 saturated carbocycles. The van der Waals surface area contributed by atoms with Crippen LogP contribution in [-0.4, -0.2) is 44.3 Å². The molecule has 2 unspecified atom stereocenters. The number of rotatable bonds is 14. The van der Waals surface area contributed by atoms with Crippen LogP contribution in [0, 0.1) is 39.5 Å². The number of ketones is 1. The van der Waals surface area contributed by atoms with Crippen molar-refractivity contribution in [1.82, 2.24) is 10.3 Å². The molecule has 1 N–H and O–H groups in total. The predicted octanol–water partition coefficient (Wildman–Crippen LogP) is 9.76. The standard InChI is InChI=1S/2C24H29NO5/c2*1-16-22(17(2)30-25-16)15-28-21-9-7-18(8-10-21)11-12-24(19-5-3-4-6-19)14-20(26)13-23(27)29-24/h7-10,19H,3-6,11-15H2,1-2H3;7-10,13,19,26H,3-6,11-12,14-15H2,1-2H3. The maximum atomic E-state index is 12.2. The highest BCUT2D eigenvalue weighted by molar-refractivity contribution is 5.98. The van der Waals surface area contributed by atoms with Gasteiger partial charge in [-0.2, -0.15) is 0 Å². The molecule has 2 aliphatic heterocycles. The SMILES string of the molecule is Cc1noc(C)c1COc1ccc(CCC2(C3CCCC3)CC(=O)CC(=O)O2)cc1.Cc1noc(C)c1COc1ccc(CCC2(C3CCCC3)CC(O)=CC(=O)O2)cc1. The number of cyclic esters (lactones) is 2. The molecular weight excluding hydrogens is 765 g/mol. The number of benzene rings is 2. The minimum atomic E-state index is -0.624. The van der Waals surface area contributed by atoms with Gasteiger partial charge in [0.1, 0.15) is 65.4 Å². The quantitative estimate of drug-likeness (QED) is 0.0949. The van der Waals surface area contributed by atoms with Crippen LogP contribution in [0.5, 0.6) is 11.5 Å². The molecule has 12 nitrogen and oxygen atoms in total. The van der Waals surface area contributed by atoms with E-state index in [9.17, 15) is 19.5 Å². The molecule has 1 saturated heterocycles. The summed E-state index contributed by atoms with van der Waals surface area (Å²) in [5.74, 6) is 3.10. The molecule has 0 spiro atoms. The van der Waals surface area contributed by atoms with Crippen molar-refractivity contribution >= 4 is 17.7 Å². The normalized spacial score (nSPS) is 22.2. The van der Waals surface area contributed by atoms with Crippen LogP contribution >= 0.6 is 0 Å².